The molecule has 0 aliphatic heterocycles. The van der Waals surface area contributed by atoms with Crippen molar-refractivity contribution in [1.82, 2.24) is 0 Å². The van der Waals surface area contributed by atoms with E-state index in [1.165, 1.54) is 0 Å². The van der Waals surface area contributed by atoms with E-state index in [1.54, 1.807) is 0 Å². The molecule has 0 aromatic heterocycles. The van der Waals surface area contributed by atoms with Crippen LogP contribution in [0.2, 0.25) is 0 Å². The number of benzene rings is 1. The van der Waals surface area contributed by atoms with Crippen LogP contribution in [0.4, 0.5) is 0 Å². The van der Waals surface area contributed by atoms with Gasteiger partial charge in [0, 0.05) is 36.1 Å². The van der Waals surface area contributed by atoms with E-state index < -0.39 is 0 Å². The molecule has 0 unspecified atom stereocenters. The molecule has 1 N–H and O–H groups in total. The zero-order chi connectivity index (χ0) is 11.6. The fraction of sp³-hybridized carbons (Fsp3) is 0.333. The number of alkyl halides is 3. The third kappa shape index (κ3) is 2.81. The first kappa shape index (κ1) is 14.5. The van der Waals surface area contributed by atoms with Gasteiger partial charge in [0.05, 0.1) is 0 Å². The van der Waals surface area contributed by atoms with Crippen LogP contribution >= 0.6 is 79.6 Å². The highest BCUT2D eigenvalue weighted by atomic mass is 79.9. The number of hydrogen-bond acceptors (Lipinski definition) is 1. The lowest BCUT2D eigenvalue weighted by Crippen LogP contribution is -1.96. The molecule has 0 spiro atoms. The van der Waals surface area contributed by atoms with Crippen molar-refractivity contribution >= 4 is 79.6 Å². The zero-order valence-electron chi connectivity index (χ0n) is 7.46. The van der Waals surface area contributed by atoms with E-state index in [2.05, 4.69) is 79.6 Å². The van der Waals surface area contributed by atoms with Gasteiger partial charge in [-0.25, -0.2) is 0 Å². The maximum atomic E-state index is 10.0. The van der Waals surface area contributed by atoms with Crippen molar-refractivity contribution in [3.63, 3.8) is 0 Å². The number of phenolic OH excluding ortho intramolecular Hbond substituents is 1. The predicted octanol–water partition coefficient (Wildman–Crippen LogP) is 5.60. The maximum absolute atomic E-state index is 10.0. The first-order valence-corrected chi connectivity index (χ1v) is 8.91. The second kappa shape index (κ2) is 6.38. The molecule has 0 amide bonds. The highest BCUT2D eigenvalue weighted by molar-refractivity contribution is 9.11. The summed E-state index contributed by atoms with van der Waals surface area (Å²) in [6.45, 7) is 0. The summed E-state index contributed by atoms with van der Waals surface area (Å²) >= 11 is 17.2. The van der Waals surface area contributed by atoms with Gasteiger partial charge in [-0.15, -0.1) is 0 Å². The molecule has 84 valence electrons. The van der Waals surface area contributed by atoms with E-state index in [-0.39, 0.29) is 0 Å². The number of phenols is 1. The SMILES string of the molecule is Oc1c(CBr)c(Br)c(CBr)c(Br)c1CBr. The molecule has 0 radical (unpaired) electrons. The van der Waals surface area contributed by atoms with Crippen LogP contribution in [0.15, 0.2) is 8.95 Å². The molecule has 0 saturated heterocycles. The van der Waals surface area contributed by atoms with Crippen LogP contribution in [-0.2, 0) is 16.0 Å². The number of rotatable bonds is 3. The van der Waals surface area contributed by atoms with E-state index in [9.17, 15) is 5.11 Å². The zero-order valence-corrected chi connectivity index (χ0v) is 15.4. The lowest BCUT2D eigenvalue weighted by molar-refractivity contribution is 0.465. The van der Waals surface area contributed by atoms with Gasteiger partial charge in [0.1, 0.15) is 5.75 Å². The third-order valence-corrected chi connectivity index (χ3v) is 5.63. The van der Waals surface area contributed by atoms with E-state index in [1.807, 2.05) is 0 Å². The van der Waals surface area contributed by atoms with E-state index in [0.29, 0.717) is 16.4 Å². The monoisotopic (exact) mass is 526 g/mol. The number of halogens is 5. The topological polar surface area (TPSA) is 20.2 Å². The summed E-state index contributed by atoms with van der Waals surface area (Å²) in [5.41, 5.74) is 2.86. The smallest absolute Gasteiger partial charge is 0.125 e. The summed E-state index contributed by atoms with van der Waals surface area (Å²) in [6.07, 6.45) is 0. The standard InChI is InChI=1S/C9H7Br5O/c10-1-4-7(13)5(2-11)9(15)6(3-12)8(4)14/h15H,1-3H2. The lowest BCUT2D eigenvalue weighted by atomic mass is 10.1. The van der Waals surface area contributed by atoms with Gasteiger partial charge in [-0.05, 0) is 37.4 Å². The van der Waals surface area contributed by atoms with Crippen LogP contribution in [0.5, 0.6) is 5.75 Å². The Morgan fingerprint density at radius 2 is 1.07 bits per heavy atom. The van der Waals surface area contributed by atoms with E-state index in [4.69, 9.17) is 0 Å². The van der Waals surface area contributed by atoms with Crippen molar-refractivity contribution in [3.05, 3.63) is 25.6 Å². The fourth-order valence-corrected chi connectivity index (χ4v) is 5.97. The van der Waals surface area contributed by atoms with Crippen LogP contribution in [-0.4, -0.2) is 5.11 Å². The summed E-state index contributed by atoms with van der Waals surface area (Å²) in [6, 6.07) is 0. The van der Waals surface area contributed by atoms with Crippen LogP contribution < -0.4 is 0 Å². The molecule has 1 rings (SSSR count). The summed E-state index contributed by atoms with van der Waals surface area (Å²) in [5, 5.41) is 12.0. The van der Waals surface area contributed by atoms with Gasteiger partial charge >= 0.3 is 0 Å². The largest absolute Gasteiger partial charge is 0.507 e. The Labute approximate surface area is 131 Å². The fourth-order valence-electron chi connectivity index (χ4n) is 1.21. The predicted molar refractivity (Wildman–Crippen MR) is 81.4 cm³/mol. The molecular weight excluding hydrogens is 524 g/mol. The van der Waals surface area contributed by atoms with Gasteiger partial charge < -0.3 is 5.11 Å². The highest BCUT2D eigenvalue weighted by Crippen LogP contribution is 2.42. The lowest BCUT2D eigenvalue weighted by Gasteiger charge is -2.15. The van der Waals surface area contributed by atoms with Gasteiger partial charge in [0.15, 0.2) is 0 Å². The molecule has 0 saturated carbocycles. The van der Waals surface area contributed by atoms with Gasteiger partial charge in [0.2, 0.25) is 0 Å². The van der Waals surface area contributed by atoms with Crippen molar-refractivity contribution in [2.75, 3.05) is 0 Å². The molecule has 15 heavy (non-hydrogen) atoms. The summed E-state index contributed by atoms with van der Waals surface area (Å²) < 4.78 is 1.87. The van der Waals surface area contributed by atoms with Crippen molar-refractivity contribution in [1.29, 1.82) is 0 Å². The summed E-state index contributed by atoms with van der Waals surface area (Å²) in [5.74, 6) is 0.326. The van der Waals surface area contributed by atoms with Gasteiger partial charge in [-0.1, -0.05) is 47.8 Å². The Kier molecular flexibility index (Phi) is 6.16. The summed E-state index contributed by atoms with van der Waals surface area (Å²) in [4.78, 5) is 0. The van der Waals surface area contributed by atoms with Crippen molar-refractivity contribution in [2.24, 2.45) is 0 Å². The van der Waals surface area contributed by atoms with Crippen LogP contribution in [0.25, 0.3) is 0 Å². The molecule has 0 heterocycles. The minimum atomic E-state index is 0.326. The van der Waals surface area contributed by atoms with Crippen molar-refractivity contribution in [2.45, 2.75) is 16.0 Å². The molecule has 1 aromatic carbocycles. The van der Waals surface area contributed by atoms with Gasteiger partial charge in [-0.2, -0.15) is 0 Å². The average Bonchev–Trinajstić information content (AvgIpc) is 2.19. The Bertz CT molecular complexity index is 299. The van der Waals surface area contributed by atoms with E-state index >= 15 is 0 Å². The first-order chi connectivity index (χ1) is 7.08. The summed E-state index contributed by atoms with van der Waals surface area (Å²) in [7, 11) is 0. The van der Waals surface area contributed by atoms with Crippen molar-refractivity contribution < 1.29 is 5.11 Å². The Hall–Kier alpha value is 1.42. The molecule has 0 bridgehead atoms. The minimum absolute atomic E-state index is 0.326. The quantitative estimate of drug-likeness (QED) is 0.505. The Morgan fingerprint density at radius 3 is 1.33 bits per heavy atom. The minimum Gasteiger partial charge on any atom is -0.507 e. The Balaban J connectivity index is 3.57. The average molecular weight is 531 g/mol. The van der Waals surface area contributed by atoms with Crippen molar-refractivity contribution in [3.8, 4) is 5.75 Å². The molecule has 0 aliphatic carbocycles. The highest BCUT2D eigenvalue weighted by Gasteiger charge is 2.18. The normalized spacial score (nSPS) is 10.7. The maximum Gasteiger partial charge on any atom is 0.125 e. The Morgan fingerprint density at radius 1 is 0.733 bits per heavy atom. The van der Waals surface area contributed by atoms with Crippen LogP contribution in [0.3, 0.4) is 0 Å². The molecule has 6 heteroatoms. The first-order valence-electron chi connectivity index (χ1n) is 3.96. The van der Waals surface area contributed by atoms with Crippen LogP contribution in [0, 0.1) is 0 Å². The molecule has 1 aromatic rings. The molecular formula is C9H7Br5O. The molecule has 0 fully saturated rings. The molecule has 0 atom stereocenters. The molecule has 0 aliphatic rings. The van der Waals surface area contributed by atoms with E-state index in [0.717, 1.165) is 31.0 Å². The molecule has 1 nitrogen and oxygen atoms in total. The number of aromatic hydroxyl groups is 1. The van der Waals surface area contributed by atoms with Crippen LogP contribution in [0.1, 0.15) is 16.7 Å². The van der Waals surface area contributed by atoms with Gasteiger partial charge in [0.25, 0.3) is 0 Å². The van der Waals surface area contributed by atoms with Gasteiger partial charge in [-0.3, -0.25) is 0 Å². The second-order valence-electron chi connectivity index (χ2n) is 2.81. The second-order valence-corrected chi connectivity index (χ2v) is 6.08. The third-order valence-electron chi connectivity index (χ3n) is 2.03. The number of hydrogen-bond donors (Lipinski definition) is 1.